The van der Waals surface area contributed by atoms with Crippen LogP contribution in [0.15, 0.2) is 48.5 Å². The summed E-state index contributed by atoms with van der Waals surface area (Å²) in [5.74, 6) is -3.93. The molecule has 1 N–H and O–H groups in total. The number of nitrogens with one attached hydrogen (secondary N) is 1. The molecule has 0 aromatic heterocycles. The molecule has 0 unspecified atom stereocenters. The number of benzene rings is 2. The van der Waals surface area contributed by atoms with Crippen molar-refractivity contribution >= 4 is 11.9 Å². The lowest BCUT2D eigenvalue weighted by molar-refractivity contribution is -0.142. The predicted octanol–water partition coefficient (Wildman–Crippen LogP) is 2.48. The summed E-state index contributed by atoms with van der Waals surface area (Å²) in [6.45, 7) is 0. The van der Waals surface area contributed by atoms with E-state index in [1.165, 1.54) is 13.2 Å². The summed E-state index contributed by atoms with van der Waals surface area (Å²) in [6.07, 6.45) is 0.177. The summed E-state index contributed by atoms with van der Waals surface area (Å²) >= 11 is 0. The number of halogens is 2. The molecule has 1 atom stereocenters. The number of carbonyl (C=O) groups is 2. The van der Waals surface area contributed by atoms with Crippen molar-refractivity contribution in [1.29, 1.82) is 0 Å². The topological polar surface area (TPSA) is 55.4 Å². The second-order valence-corrected chi connectivity index (χ2v) is 4.84. The smallest absolute Gasteiger partial charge is 0.328 e. The molecule has 0 heterocycles. The lowest BCUT2D eigenvalue weighted by atomic mass is 10.1. The first-order chi connectivity index (χ1) is 11.0. The number of carbonyl (C=O) groups excluding carboxylic acids is 2. The van der Waals surface area contributed by atoms with E-state index >= 15 is 0 Å². The van der Waals surface area contributed by atoms with Crippen LogP contribution in [0.2, 0.25) is 0 Å². The van der Waals surface area contributed by atoms with Gasteiger partial charge >= 0.3 is 5.97 Å². The molecule has 0 radical (unpaired) electrons. The highest BCUT2D eigenvalue weighted by molar-refractivity contribution is 5.97. The van der Waals surface area contributed by atoms with Gasteiger partial charge in [0.25, 0.3) is 5.91 Å². The number of rotatable bonds is 5. The number of methoxy groups -OCH3 is 1. The minimum atomic E-state index is -1.26. The SMILES string of the molecule is COC(=O)[C@H](Cc1ccccc1)NC(=O)c1cccc(F)c1F. The Bertz CT molecular complexity index is 704. The maximum atomic E-state index is 13.7. The van der Waals surface area contributed by atoms with Gasteiger partial charge < -0.3 is 10.1 Å². The fraction of sp³-hybridized carbons (Fsp3) is 0.176. The quantitative estimate of drug-likeness (QED) is 0.862. The lowest BCUT2D eigenvalue weighted by Gasteiger charge is -2.17. The number of amides is 1. The van der Waals surface area contributed by atoms with Crippen LogP contribution in [0, 0.1) is 11.6 Å². The van der Waals surface area contributed by atoms with E-state index in [-0.39, 0.29) is 6.42 Å². The Labute approximate surface area is 132 Å². The van der Waals surface area contributed by atoms with Crippen LogP contribution in [0.4, 0.5) is 8.78 Å². The van der Waals surface area contributed by atoms with Crippen LogP contribution in [0.25, 0.3) is 0 Å². The van der Waals surface area contributed by atoms with Gasteiger partial charge in [0.15, 0.2) is 11.6 Å². The molecule has 2 aromatic rings. The molecule has 0 fully saturated rings. The maximum Gasteiger partial charge on any atom is 0.328 e. The summed E-state index contributed by atoms with van der Waals surface area (Å²) in [6, 6.07) is 11.2. The van der Waals surface area contributed by atoms with E-state index in [0.29, 0.717) is 0 Å². The Morgan fingerprint density at radius 2 is 1.78 bits per heavy atom. The molecule has 6 heteroatoms. The van der Waals surface area contributed by atoms with Gasteiger partial charge in [-0.1, -0.05) is 36.4 Å². The van der Waals surface area contributed by atoms with E-state index < -0.39 is 35.1 Å². The third-order valence-electron chi connectivity index (χ3n) is 3.27. The molecule has 23 heavy (non-hydrogen) atoms. The molecule has 0 bridgehead atoms. The van der Waals surface area contributed by atoms with E-state index in [9.17, 15) is 18.4 Å². The molecule has 1 amide bonds. The molecule has 0 aliphatic heterocycles. The molecule has 0 saturated heterocycles. The molecule has 2 rings (SSSR count). The zero-order valence-corrected chi connectivity index (χ0v) is 12.4. The molecular weight excluding hydrogens is 304 g/mol. The number of esters is 1. The van der Waals surface area contributed by atoms with Gasteiger partial charge in [-0.05, 0) is 17.7 Å². The van der Waals surface area contributed by atoms with E-state index in [1.807, 2.05) is 6.07 Å². The van der Waals surface area contributed by atoms with E-state index in [4.69, 9.17) is 0 Å². The van der Waals surface area contributed by atoms with Crippen LogP contribution in [0.3, 0.4) is 0 Å². The Morgan fingerprint density at radius 1 is 1.09 bits per heavy atom. The van der Waals surface area contributed by atoms with Gasteiger partial charge in [-0.2, -0.15) is 0 Å². The van der Waals surface area contributed by atoms with Gasteiger partial charge in [0.1, 0.15) is 6.04 Å². The Kier molecular flexibility index (Phi) is 5.41. The molecule has 4 nitrogen and oxygen atoms in total. The van der Waals surface area contributed by atoms with E-state index in [2.05, 4.69) is 10.1 Å². The van der Waals surface area contributed by atoms with Crippen molar-refractivity contribution < 1.29 is 23.1 Å². The van der Waals surface area contributed by atoms with Crippen LogP contribution in [-0.2, 0) is 16.0 Å². The average Bonchev–Trinajstić information content (AvgIpc) is 2.56. The molecule has 120 valence electrons. The Morgan fingerprint density at radius 3 is 2.43 bits per heavy atom. The van der Waals surface area contributed by atoms with Gasteiger partial charge in [0, 0.05) is 6.42 Å². The van der Waals surface area contributed by atoms with Crippen molar-refractivity contribution in [2.45, 2.75) is 12.5 Å². The van der Waals surface area contributed by atoms with Gasteiger partial charge in [-0.3, -0.25) is 4.79 Å². The van der Waals surface area contributed by atoms with Gasteiger partial charge in [0.2, 0.25) is 0 Å². The van der Waals surface area contributed by atoms with E-state index in [0.717, 1.165) is 17.7 Å². The highest BCUT2D eigenvalue weighted by atomic mass is 19.2. The minimum Gasteiger partial charge on any atom is -0.467 e. The van der Waals surface area contributed by atoms with Gasteiger partial charge in [0.05, 0.1) is 12.7 Å². The molecule has 0 saturated carbocycles. The highest BCUT2D eigenvalue weighted by Crippen LogP contribution is 2.12. The van der Waals surface area contributed by atoms with Crippen molar-refractivity contribution in [3.8, 4) is 0 Å². The number of hydrogen-bond acceptors (Lipinski definition) is 3. The fourth-order valence-corrected chi connectivity index (χ4v) is 2.10. The fourth-order valence-electron chi connectivity index (χ4n) is 2.10. The van der Waals surface area contributed by atoms with Gasteiger partial charge in [-0.15, -0.1) is 0 Å². The first-order valence-electron chi connectivity index (χ1n) is 6.89. The summed E-state index contributed by atoms with van der Waals surface area (Å²) in [4.78, 5) is 23.9. The van der Waals surface area contributed by atoms with E-state index in [1.54, 1.807) is 24.3 Å². The summed E-state index contributed by atoms with van der Waals surface area (Å²) in [5, 5.41) is 2.38. The molecule has 2 aromatic carbocycles. The van der Waals surface area contributed by atoms with Gasteiger partial charge in [-0.25, -0.2) is 13.6 Å². The Balaban J connectivity index is 2.19. The summed E-state index contributed by atoms with van der Waals surface area (Å²) in [7, 11) is 1.19. The second kappa shape index (κ2) is 7.49. The van der Waals surface area contributed by atoms with Crippen molar-refractivity contribution in [3.63, 3.8) is 0 Å². The molecular formula is C17H15F2NO3. The first-order valence-corrected chi connectivity index (χ1v) is 6.89. The van der Waals surface area contributed by atoms with Crippen molar-refractivity contribution in [2.24, 2.45) is 0 Å². The molecule has 0 aliphatic rings. The van der Waals surface area contributed by atoms with Crippen molar-refractivity contribution in [1.82, 2.24) is 5.32 Å². The number of hydrogen-bond donors (Lipinski definition) is 1. The Hall–Kier alpha value is -2.76. The normalized spacial score (nSPS) is 11.6. The van der Waals surface area contributed by atoms with Crippen LogP contribution < -0.4 is 5.32 Å². The summed E-state index contributed by atoms with van der Waals surface area (Å²) in [5.41, 5.74) is 0.329. The van der Waals surface area contributed by atoms with Crippen LogP contribution in [0.1, 0.15) is 15.9 Å². The van der Waals surface area contributed by atoms with Crippen LogP contribution >= 0.6 is 0 Å². The largest absolute Gasteiger partial charge is 0.467 e. The molecule has 0 spiro atoms. The third-order valence-corrected chi connectivity index (χ3v) is 3.27. The lowest BCUT2D eigenvalue weighted by Crippen LogP contribution is -2.43. The zero-order chi connectivity index (χ0) is 16.8. The maximum absolute atomic E-state index is 13.7. The van der Waals surface area contributed by atoms with Crippen molar-refractivity contribution in [3.05, 3.63) is 71.3 Å². The molecule has 0 aliphatic carbocycles. The first kappa shape index (κ1) is 16.6. The number of ether oxygens (including phenoxy) is 1. The predicted molar refractivity (Wildman–Crippen MR) is 79.8 cm³/mol. The average molecular weight is 319 g/mol. The zero-order valence-electron chi connectivity index (χ0n) is 12.4. The summed E-state index contributed by atoms with van der Waals surface area (Å²) < 4.78 is 31.5. The second-order valence-electron chi connectivity index (χ2n) is 4.84. The highest BCUT2D eigenvalue weighted by Gasteiger charge is 2.24. The van der Waals surface area contributed by atoms with Crippen LogP contribution in [-0.4, -0.2) is 25.0 Å². The van der Waals surface area contributed by atoms with Crippen molar-refractivity contribution in [2.75, 3.05) is 7.11 Å². The monoisotopic (exact) mass is 319 g/mol. The minimum absolute atomic E-state index is 0.177. The third kappa shape index (κ3) is 4.12. The van der Waals surface area contributed by atoms with Crippen LogP contribution in [0.5, 0.6) is 0 Å². The standard InChI is InChI=1S/C17H15F2NO3/c1-23-17(22)14(10-11-6-3-2-4-7-11)20-16(21)12-8-5-9-13(18)15(12)19/h2-9,14H,10H2,1H3,(H,20,21)/t14-/m0/s1.